The van der Waals surface area contributed by atoms with E-state index < -0.39 is 26.8 Å². The zero-order valence-corrected chi connectivity index (χ0v) is 17.7. The average molecular weight is 400 g/mol. The minimum atomic E-state index is -1.43. The Bertz CT molecular complexity index is 483. The van der Waals surface area contributed by atoms with Crippen molar-refractivity contribution in [2.45, 2.75) is 77.8 Å². The van der Waals surface area contributed by atoms with Crippen LogP contribution < -0.4 is 0 Å². The summed E-state index contributed by atoms with van der Waals surface area (Å²) in [6.45, 7) is 10.4. The van der Waals surface area contributed by atoms with Crippen molar-refractivity contribution < 1.29 is 28.1 Å². The standard InChI is InChI=1S/C17H30BN2O6P/c1-6-22-17(21)23-11-15-14(10-16(18)25-15)26-27(24-9-7-8-19)20(12(2)3)13(4)5/h12-16H,6-7,9-11H2,1-5H3/t14-,15+,16+,27?/m0/s1. The molecule has 4 atom stereocenters. The molecular weight excluding hydrogens is 370 g/mol. The number of carbonyl (C=O) groups excluding carboxylic acids is 1. The number of nitriles is 1. The Morgan fingerprint density at radius 2 is 2.00 bits per heavy atom. The fourth-order valence-electron chi connectivity index (χ4n) is 2.73. The van der Waals surface area contributed by atoms with Crippen LogP contribution >= 0.6 is 8.53 Å². The zero-order chi connectivity index (χ0) is 20.4. The van der Waals surface area contributed by atoms with Gasteiger partial charge in [0.25, 0.3) is 8.53 Å². The second-order valence-corrected chi connectivity index (χ2v) is 8.04. The van der Waals surface area contributed by atoms with E-state index in [0.29, 0.717) is 6.42 Å². The van der Waals surface area contributed by atoms with Gasteiger partial charge in [-0.05, 0) is 41.0 Å². The van der Waals surface area contributed by atoms with E-state index in [-0.39, 0.29) is 44.4 Å². The van der Waals surface area contributed by atoms with Crippen LogP contribution in [0, 0.1) is 11.3 Å². The highest BCUT2D eigenvalue weighted by atomic mass is 31.2. The van der Waals surface area contributed by atoms with Gasteiger partial charge in [-0.2, -0.15) is 5.26 Å². The number of rotatable bonds is 11. The maximum absolute atomic E-state index is 11.4. The first-order valence-corrected chi connectivity index (χ1v) is 10.4. The fourth-order valence-corrected chi connectivity index (χ4v) is 4.48. The van der Waals surface area contributed by atoms with E-state index in [1.54, 1.807) is 6.92 Å². The van der Waals surface area contributed by atoms with E-state index in [4.69, 9.17) is 36.4 Å². The van der Waals surface area contributed by atoms with Gasteiger partial charge in [0.15, 0.2) is 0 Å². The summed E-state index contributed by atoms with van der Waals surface area (Å²) in [4.78, 5) is 11.4. The SMILES string of the molecule is [B][C@H]1C[C@H](OP(OCCC#N)N(C(C)C)C(C)C)[C@@H](COC(=O)OCC)O1. The Morgan fingerprint density at radius 1 is 1.33 bits per heavy atom. The molecule has 1 saturated heterocycles. The Kier molecular flexibility index (Phi) is 11.2. The molecule has 2 radical (unpaired) electrons. The largest absolute Gasteiger partial charge is 0.508 e. The number of ether oxygens (including phenoxy) is 3. The van der Waals surface area contributed by atoms with Gasteiger partial charge in [-0.3, -0.25) is 0 Å². The van der Waals surface area contributed by atoms with Crippen LogP contribution in [0.1, 0.15) is 47.5 Å². The first-order valence-electron chi connectivity index (χ1n) is 9.25. The monoisotopic (exact) mass is 400 g/mol. The number of hydrogen-bond acceptors (Lipinski definition) is 8. The van der Waals surface area contributed by atoms with Crippen LogP contribution in [0.5, 0.6) is 0 Å². The van der Waals surface area contributed by atoms with Crippen molar-refractivity contribution in [2.24, 2.45) is 0 Å². The summed E-state index contributed by atoms with van der Waals surface area (Å²) in [7, 11) is 4.48. The molecule has 152 valence electrons. The molecular formula is C17H30BN2O6P. The van der Waals surface area contributed by atoms with Crippen LogP contribution in [0.25, 0.3) is 0 Å². The van der Waals surface area contributed by atoms with Crippen molar-refractivity contribution in [2.75, 3.05) is 19.8 Å². The van der Waals surface area contributed by atoms with Crippen molar-refractivity contribution in [3.05, 3.63) is 0 Å². The average Bonchev–Trinajstić information content (AvgIpc) is 2.92. The van der Waals surface area contributed by atoms with Crippen molar-refractivity contribution in [3.8, 4) is 6.07 Å². The number of carbonyl (C=O) groups is 1. The lowest BCUT2D eigenvalue weighted by Gasteiger charge is -2.37. The maximum Gasteiger partial charge on any atom is 0.508 e. The van der Waals surface area contributed by atoms with Gasteiger partial charge in [-0.15, -0.1) is 0 Å². The molecule has 0 spiro atoms. The summed E-state index contributed by atoms with van der Waals surface area (Å²) in [6, 6.07) is 1.93. The third-order valence-corrected chi connectivity index (χ3v) is 5.90. The van der Waals surface area contributed by atoms with Crippen molar-refractivity contribution in [3.63, 3.8) is 0 Å². The van der Waals surface area contributed by atoms with Gasteiger partial charge < -0.3 is 23.3 Å². The summed E-state index contributed by atoms with van der Waals surface area (Å²) in [6.07, 6.45) is -0.902. The van der Waals surface area contributed by atoms with Crippen molar-refractivity contribution in [1.82, 2.24) is 4.67 Å². The molecule has 0 saturated carbocycles. The van der Waals surface area contributed by atoms with E-state index >= 15 is 0 Å². The van der Waals surface area contributed by atoms with Gasteiger partial charge in [0, 0.05) is 18.1 Å². The third-order valence-electron chi connectivity index (χ3n) is 3.74. The highest BCUT2D eigenvalue weighted by Gasteiger charge is 2.39. The zero-order valence-electron chi connectivity index (χ0n) is 16.8. The maximum atomic E-state index is 11.4. The van der Waals surface area contributed by atoms with Crippen molar-refractivity contribution in [1.29, 1.82) is 5.26 Å². The molecule has 0 N–H and O–H groups in total. The molecule has 0 aliphatic carbocycles. The second kappa shape index (κ2) is 12.5. The molecule has 8 nitrogen and oxygen atoms in total. The third kappa shape index (κ3) is 8.33. The molecule has 1 aliphatic rings. The lowest BCUT2D eigenvalue weighted by atomic mass is 9.96. The van der Waals surface area contributed by atoms with E-state index in [1.807, 2.05) is 0 Å². The summed E-state index contributed by atoms with van der Waals surface area (Å²) in [5, 5.41) is 8.79. The minimum Gasteiger partial charge on any atom is -0.435 e. The first kappa shape index (κ1) is 24.1. The molecule has 1 unspecified atom stereocenters. The Morgan fingerprint density at radius 3 is 2.56 bits per heavy atom. The van der Waals surface area contributed by atoms with Gasteiger partial charge in [-0.1, -0.05) is 0 Å². The lowest BCUT2D eigenvalue weighted by molar-refractivity contribution is -0.0246. The summed E-state index contributed by atoms with van der Waals surface area (Å²) < 4.78 is 29.7. The molecule has 27 heavy (non-hydrogen) atoms. The number of hydrogen-bond donors (Lipinski definition) is 0. The topological polar surface area (TPSA) is 90.2 Å². The smallest absolute Gasteiger partial charge is 0.435 e. The Balaban J connectivity index is 2.79. The van der Waals surface area contributed by atoms with Crippen LogP contribution in [-0.4, -0.2) is 68.8 Å². The van der Waals surface area contributed by atoms with E-state index in [9.17, 15) is 4.79 Å². The van der Waals surface area contributed by atoms with Gasteiger partial charge in [-0.25, -0.2) is 9.46 Å². The summed E-state index contributed by atoms with van der Waals surface area (Å²) >= 11 is 0. The van der Waals surface area contributed by atoms with Gasteiger partial charge >= 0.3 is 6.16 Å². The van der Waals surface area contributed by atoms with Crippen molar-refractivity contribution >= 4 is 22.5 Å². The molecule has 1 aliphatic heterocycles. The van der Waals surface area contributed by atoms with Crippen LogP contribution in [0.15, 0.2) is 0 Å². The van der Waals surface area contributed by atoms with Gasteiger partial charge in [0.1, 0.15) is 20.6 Å². The molecule has 1 rings (SSSR count). The molecule has 10 heteroatoms. The molecule has 0 amide bonds. The predicted molar refractivity (Wildman–Crippen MR) is 102 cm³/mol. The molecule has 0 bridgehead atoms. The second-order valence-electron chi connectivity index (χ2n) is 6.63. The summed E-state index contributed by atoms with van der Waals surface area (Å²) in [5.41, 5.74) is 0. The molecule has 1 heterocycles. The molecule has 1 fully saturated rings. The Hall–Kier alpha value is -0.905. The molecule has 0 aromatic heterocycles. The quantitative estimate of drug-likeness (QED) is 0.226. The van der Waals surface area contributed by atoms with Crippen LogP contribution in [0.2, 0.25) is 0 Å². The molecule has 0 aromatic rings. The van der Waals surface area contributed by atoms with Crippen LogP contribution in [0.4, 0.5) is 4.79 Å². The van der Waals surface area contributed by atoms with E-state index in [1.165, 1.54) is 0 Å². The van der Waals surface area contributed by atoms with Crippen LogP contribution in [-0.2, 0) is 23.3 Å². The normalized spacial score (nSPS) is 23.6. The van der Waals surface area contributed by atoms with Gasteiger partial charge in [0.2, 0.25) is 0 Å². The van der Waals surface area contributed by atoms with E-state index in [0.717, 1.165) is 0 Å². The summed E-state index contributed by atoms with van der Waals surface area (Å²) in [5.74, 6) is 0. The predicted octanol–water partition coefficient (Wildman–Crippen LogP) is 3.10. The van der Waals surface area contributed by atoms with Crippen LogP contribution in [0.3, 0.4) is 0 Å². The molecule has 0 aromatic carbocycles. The highest BCUT2D eigenvalue weighted by Crippen LogP contribution is 2.49. The Labute approximate surface area is 164 Å². The fraction of sp³-hybridized carbons (Fsp3) is 0.882. The highest BCUT2D eigenvalue weighted by molar-refractivity contribution is 7.44. The van der Waals surface area contributed by atoms with E-state index in [2.05, 4.69) is 38.4 Å². The lowest BCUT2D eigenvalue weighted by Crippen LogP contribution is -2.36. The first-order chi connectivity index (χ1) is 12.8. The number of nitrogens with zero attached hydrogens (tertiary/aromatic N) is 2. The minimum absolute atomic E-state index is 0.0120. The van der Waals surface area contributed by atoms with Gasteiger partial charge in [0.05, 0.1) is 31.8 Å².